The zero-order chi connectivity index (χ0) is 29.5. The molecular weight excluding hydrogens is 540 g/mol. The van der Waals surface area contributed by atoms with E-state index in [0.29, 0.717) is 54.6 Å². The second-order valence-electron chi connectivity index (χ2n) is 17.8. The highest BCUT2D eigenvalue weighted by Crippen LogP contribution is 2.61. The first-order chi connectivity index (χ1) is 20.7. The summed E-state index contributed by atoms with van der Waals surface area (Å²) in [7, 11) is 0. The number of fused-ring (bicyclic) bond motifs is 5. The number of rotatable bonds is 6. The second-order valence-corrected chi connectivity index (χ2v) is 17.8. The molecule has 0 amide bonds. The minimum Gasteiger partial charge on any atom is -0.464 e. The van der Waals surface area contributed by atoms with Crippen molar-refractivity contribution >= 4 is 11.9 Å². The molecule has 9 aliphatic rings. The minimum atomic E-state index is -0.658. The summed E-state index contributed by atoms with van der Waals surface area (Å²) in [5, 5.41) is 0. The minimum absolute atomic E-state index is 0.00596. The molecule has 0 radical (unpaired) electrons. The SMILES string of the molecule is CC1CC2CCCC(C(=O)OCC3(COC(=O)C45CC6CC(CC(C6)C4)C5)COC4(OC3)C(C)CC3CCCC4C3)(C1)C2. The summed E-state index contributed by atoms with van der Waals surface area (Å²) in [4.78, 5) is 27.8. The standard InChI is InChI=1S/C37H56O6/c1-24-9-27-6-4-8-35(15-24,16-27)32(38)40-20-34(21-41-33(39)36-17-28-11-29(18-36)13-30(12-28)19-36)22-42-37(43-23-34)25(2)10-26-5-3-7-31(37)14-26/h24-31H,3-23H2,1-2H3. The molecule has 1 spiro atoms. The Morgan fingerprint density at radius 3 is 1.93 bits per heavy atom. The molecule has 9 rings (SSSR count). The first-order valence-electron chi connectivity index (χ1n) is 18.3. The lowest BCUT2D eigenvalue weighted by Gasteiger charge is -2.57. The third-order valence-corrected chi connectivity index (χ3v) is 14.3. The Morgan fingerprint density at radius 1 is 0.651 bits per heavy atom. The zero-order valence-electron chi connectivity index (χ0n) is 26.9. The quantitative estimate of drug-likeness (QED) is 0.296. The molecule has 1 saturated heterocycles. The third-order valence-electron chi connectivity index (χ3n) is 14.3. The molecule has 43 heavy (non-hydrogen) atoms. The Bertz CT molecular complexity index is 1010. The molecular formula is C37H56O6. The van der Waals surface area contributed by atoms with Crippen molar-refractivity contribution in [3.8, 4) is 0 Å². The summed E-state index contributed by atoms with van der Waals surface area (Å²) in [5.41, 5.74) is -1.30. The average Bonchev–Trinajstić information content (AvgIpc) is 2.98. The molecule has 0 aromatic carbocycles. The molecule has 1 aliphatic heterocycles. The predicted molar refractivity (Wildman–Crippen MR) is 162 cm³/mol. The lowest BCUT2D eigenvalue weighted by molar-refractivity contribution is -0.368. The van der Waals surface area contributed by atoms with Gasteiger partial charge in [-0.1, -0.05) is 39.5 Å². The van der Waals surface area contributed by atoms with Crippen molar-refractivity contribution in [2.24, 2.45) is 63.6 Å². The average molecular weight is 597 g/mol. The van der Waals surface area contributed by atoms with Crippen molar-refractivity contribution < 1.29 is 28.5 Å². The third kappa shape index (κ3) is 5.02. The Hall–Kier alpha value is -1.14. The Morgan fingerprint density at radius 2 is 1.26 bits per heavy atom. The van der Waals surface area contributed by atoms with Gasteiger partial charge in [0.25, 0.3) is 0 Å². The molecule has 0 N–H and O–H groups in total. The van der Waals surface area contributed by atoms with Gasteiger partial charge in [-0.05, 0) is 119 Å². The largest absolute Gasteiger partial charge is 0.464 e. The maximum Gasteiger partial charge on any atom is 0.312 e. The van der Waals surface area contributed by atoms with Crippen molar-refractivity contribution in [3.05, 3.63) is 0 Å². The molecule has 9 fully saturated rings. The molecule has 6 heteroatoms. The fourth-order valence-electron chi connectivity index (χ4n) is 12.8. The van der Waals surface area contributed by atoms with Crippen molar-refractivity contribution in [2.45, 2.75) is 129 Å². The van der Waals surface area contributed by atoms with Gasteiger partial charge in [0, 0.05) is 11.8 Å². The molecule has 8 saturated carbocycles. The van der Waals surface area contributed by atoms with Crippen LogP contribution >= 0.6 is 0 Å². The van der Waals surface area contributed by atoms with Gasteiger partial charge in [-0.15, -0.1) is 0 Å². The summed E-state index contributed by atoms with van der Waals surface area (Å²) >= 11 is 0. The number of hydrogen-bond acceptors (Lipinski definition) is 6. The van der Waals surface area contributed by atoms with Crippen molar-refractivity contribution in [1.82, 2.24) is 0 Å². The summed E-state index contributed by atoms with van der Waals surface area (Å²) in [6.07, 6.45) is 19.4. The van der Waals surface area contributed by atoms with Crippen LogP contribution in [-0.4, -0.2) is 44.2 Å². The highest BCUT2D eigenvalue weighted by atomic mass is 16.7. The van der Waals surface area contributed by atoms with Gasteiger partial charge in [-0.3, -0.25) is 9.59 Å². The van der Waals surface area contributed by atoms with Crippen LogP contribution in [0.4, 0.5) is 0 Å². The van der Waals surface area contributed by atoms with E-state index in [9.17, 15) is 9.59 Å². The smallest absolute Gasteiger partial charge is 0.312 e. The van der Waals surface area contributed by atoms with Crippen molar-refractivity contribution in [2.75, 3.05) is 26.4 Å². The van der Waals surface area contributed by atoms with E-state index in [4.69, 9.17) is 18.9 Å². The van der Waals surface area contributed by atoms with Crippen LogP contribution < -0.4 is 0 Å². The Kier molecular flexibility index (Phi) is 7.29. The lowest BCUT2D eigenvalue weighted by atomic mass is 9.49. The summed E-state index contributed by atoms with van der Waals surface area (Å²) in [6, 6.07) is 0. The number of hydrogen-bond donors (Lipinski definition) is 0. The van der Waals surface area contributed by atoms with Crippen LogP contribution in [0.15, 0.2) is 0 Å². The first kappa shape index (κ1) is 29.3. The second kappa shape index (κ2) is 10.7. The van der Waals surface area contributed by atoms with Crippen LogP contribution in [0.25, 0.3) is 0 Å². The normalized spacial score (nSPS) is 51.7. The Labute approximate surface area is 259 Å². The predicted octanol–water partition coefficient (Wildman–Crippen LogP) is 7.47. The van der Waals surface area contributed by atoms with Gasteiger partial charge in [0.2, 0.25) is 0 Å². The van der Waals surface area contributed by atoms with Crippen LogP contribution in [-0.2, 0) is 28.5 Å². The van der Waals surface area contributed by atoms with Crippen molar-refractivity contribution in [3.63, 3.8) is 0 Å². The highest BCUT2D eigenvalue weighted by molar-refractivity contribution is 5.78. The van der Waals surface area contributed by atoms with Crippen LogP contribution in [0.5, 0.6) is 0 Å². The summed E-state index contributed by atoms with van der Waals surface area (Å²) < 4.78 is 26.4. The van der Waals surface area contributed by atoms with E-state index < -0.39 is 11.2 Å². The molecule has 240 valence electrons. The van der Waals surface area contributed by atoms with Gasteiger partial charge in [0.1, 0.15) is 13.2 Å². The van der Waals surface area contributed by atoms with Crippen LogP contribution in [0.3, 0.4) is 0 Å². The molecule has 6 nitrogen and oxygen atoms in total. The molecule has 0 aromatic heterocycles. The highest BCUT2D eigenvalue weighted by Gasteiger charge is 2.59. The lowest BCUT2D eigenvalue weighted by Crippen LogP contribution is -2.62. The number of carbonyl (C=O) groups excluding carboxylic acids is 2. The van der Waals surface area contributed by atoms with Gasteiger partial charge in [-0.2, -0.15) is 0 Å². The van der Waals surface area contributed by atoms with E-state index >= 15 is 0 Å². The number of ether oxygens (including phenoxy) is 4. The Balaban J connectivity index is 0.993. The maximum atomic E-state index is 13.9. The van der Waals surface area contributed by atoms with Crippen LogP contribution in [0, 0.1) is 63.6 Å². The van der Waals surface area contributed by atoms with E-state index in [-0.39, 0.29) is 36.0 Å². The fourth-order valence-corrected chi connectivity index (χ4v) is 12.8. The fraction of sp³-hybridized carbons (Fsp3) is 0.946. The molecule has 8 bridgehead atoms. The summed E-state index contributed by atoms with van der Waals surface area (Å²) in [6.45, 7) is 5.86. The molecule has 8 aliphatic carbocycles. The zero-order valence-corrected chi connectivity index (χ0v) is 26.9. The molecule has 0 aromatic rings. The van der Waals surface area contributed by atoms with Crippen molar-refractivity contribution in [1.29, 1.82) is 0 Å². The van der Waals surface area contributed by atoms with Gasteiger partial charge in [0.05, 0.1) is 29.5 Å². The molecule has 6 unspecified atom stereocenters. The van der Waals surface area contributed by atoms with E-state index in [1.807, 2.05) is 0 Å². The van der Waals surface area contributed by atoms with E-state index in [1.165, 1.54) is 51.4 Å². The molecule has 1 heterocycles. The monoisotopic (exact) mass is 596 g/mol. The summed E-state index contributed by atoms with van der Waals surface area (Å²) in [5.74, 6) is 4.25. The van der Waals surface area contributed by atoms with Crippen LogP contribution in [0.1, 0.15) is 123 Å². The van der Waals surface area contributed by atoms with Gasteiger partial charge in [-0.25, -0.2) is 0 Å². The van der Waals surface area contributed by atoms with Gasteiger partial charge < -0.3 is 18.9 Å². The van der Waals surface area contributed by atoms with E-state index in [1.54, 1.807) is 0 Å². The molecule has 6 atom stereocenters. The van der Waals surface area contributed by atoms with E-state index in [0.717, 1.165) is 63.7 Å². The van der Waals surface area contributed by atoms with Crippen LogP contribution in [0.2, 0.25) is 0 Å². The van der Waals surface area contributed by atoms with E-state index in [2.05, 4.69) is 13.8 Å². The topological polar surface area (TPSA) is 71.1 Å². The van der Waals surface area contributed by atoms with Gasteiger partial charge >= 0.3 is 11.9 Å². The number of esters is 2. The number of carbonyl (C=O) groups is 2. The maximum absolute atomic E-state index is 13.9. The first-order valence-corrected chi connectivity index (χ1v) is 18.3. The van der Waals surface area contributed by atoms with Gasteiger partial charge in [0.15, 0.2) is 5.79 Å².